The van der Waals surface area contributed by atoms with Gasteiger partial charge in [-0.2, -0.15) is 0 Å². The van der Waals surface area contributed by atoms with Crippen molar-refractivity contribution in [1.29, 1.82) is 0 Å². The Kier molecular flexibility index (Phi) is 5.47. The van der Waals surface area contributed by atoms with Crippen LogP contribution in [0.15, 0.2) is 54.6 Å². The number of benzene rings is 2. The number of rotatable bonds is 4. The van der Waals surface area contributed by atoms with Crippen LogP contribution in [0.4, 0.5) is 0 Å². The molecule has 1 N–H and O–H groups in total. The van der Waals surface area contributed by atoms with Crippen LogP contribution in [0.3, 0.4) is 0 Å². The Balaban J connectivity index is 1.72. The number of carbonyl (C=O) groups is 1. The van der Waals surface area contributed by atoms with E-state index in [1.165, 1.54) is 11.1 Å². The van der Waals surface area contributed by atoms with Gasteiger partial charge < -0.3 is 10.1 Å². The highest BCUT2D eigenvalue weighted by Crippen LogP contribution is 2.34. The van der Waals surface area contributed by atoms with Crippen molar-refractivity contribution in [3.63, 3.8) is 0 Å². The standard InChI is InChI=1S/C23H29NO2/c1-22(2,3)19-11-9-18(10-12-19)21(25)24-17-23(13-15-26-16-14-23)20-7-5-4-6-8-20/h4-12H,13-17H2,1-3H3,(H,24,25). The largest absolute Gasteiger partial charge is 0.381 e. The van der Waals surface area contributed by atoms with E-state index in [0.717, 1.165) is 26.1 Å². The van der Waals surface area contributed by atoms with E-state index in [2.05, 4.69) is 62.5 Å². The molecule has 1 heterocycles. The highest BCUT2D eigenvalue weighted by molar-refractivity contribution is 5.94. The molecular formula is C23H29NO2. The maximum atomic E-state index is 12.7. The molecule has 0 aromatic heterocycles. The highest BCUT2D eigenvalue weighted by atomic mass is 16.5. The maximum Gasteiger partial charge on any atom is 0.251 e. The number of nitrogens with one attached hydrogen (secondary N) is 1. The van der Waals surface area contributed by atoms with Crippen LogP contribution < -0.4 is 5.32 Å². The zero-order valence-electron chi connectivity index (χ0n) is 16.0. The maximum absolute atomic E-state index is 12.7. The summed E-state index contributed by atoms with van der Waals surface area (Å²) in [4.78, 5) is 12.7. The minimum atomic E-state index is -0.0412. The number of carbonyl (C=O) groups excluding carboxylic acids is 1. The van der Waals surface area contributed by atoms with Crippen LogP contribution in [0, 0.1) is 0 Å². The fourth-order valence-corrected chi connectivity index (χ4v) is 3.59. The molecule has 3 rings (SSSR count). The molecule has 1 aliphatic heterocycles. The molecule has 1 amide bonds. The summed E-state index contributed by atoms with van der Waals surface area (Å²) in [5, 5.41) is 3.17. The summed E-state index contributed by atoms with van der Waals surface area (Å²) in [7, 11) is 0. The van der Waals surface area contributed by atoms with E-state index in [4.69, 9.17) is 4.74 Å². The molecule has 3 heteroatoms. The topological polar surface area (TPSA) is 38.3 Å². The lowest BCUT2D eigenvalue weighted by molar-refractivity contribution is 0.0487. The fraction of sp³-hybridized carbons (Fsp3) is 0.435. The third-order valence-electron chi connectivity index (χ3n) is 5.44. The minimum absolute atomic E-state index is 0.00717. The first-order valence-electron chi connectivity index (χ1n) is 9.43. The van der Waals surface area contributed by atoms with Crippen LogP contribution in [0.1, 0.15) is 55.1 Å². The summed E-state index contributed by atoms with van der Waals surface area (Å²) >= 11 is 0. The van der Waals surface area contributed by atoms with Crippen LogP contribution in [0.5, 0.6) is 0 Å². The number of amides is 1. The Hall–Kier alpha value is -2.13. The van der Waals surface area contributed by atoms with Crippen molar-refractivity contribution in [3.8, 4) is 0 Å². The van der Waals surface area contributed by atoms with Crippen molar-refractivity contribution in [2.45, 2.75) is 44.4 Å². The van der Waals surface area contributed by atoms with Gasteiger partial charge in [-0.1, -0.05) is 63.2 Å². The average Bonchev–Trinajstić information content (AvgIpc) is 2.67. The van der Waals surface area contributed by atoms with E-state index in [0.29, 0.717) is 12.1 Å². The van der Waals surface area contributed by atoms with Gasteiger partial charge in [-0.3, -0.25) is 4.79 Å². The Morgan fingerprint density at radius 3 is 2.19 bits per heavy atom. The molecule has 0 bridgehead atoms. The summed E-state index contributed by atoms with van der Waals surface area (Å²) in [5.41, 5.74) is 3.29. The van der Waals surface area contributed by atoms with E-state index in [-0.39, 0.29) is 16.7 Å². The van der Waals surface area contributed by atoms with Crippen molar-refractivity contribution in [2.75, 3.05) is 19.8 Å². The quantitative estimate of drug-likeness (QED) is 0.883. The summed E-state index contributed by atoms with van der Waals surface area (Å²) < 4.78 is 5.57. The molecule has 2 aromatic rings. The predicted molar refractivity (Wildman–Crippen MR) is 106 cm³/mol. The number of hydrogen-bond acceptors (Lipinski definition) is 2. The first-order valence-corrected chi connectivity index (χ1v) is 9.43. The molecule has 138 valence electrons. The lowest BCUT2D eigenvalue weighted by Crippen LogP contribution is -2.44. The molecule has 0 aliphatic carbocycles. The predicted octanol–water partition coefficient (Wildman–Crippen LogP) is 4.46. The van der Waals surface area contributed by atoms with Crippen molar-refractivity contribution < 1.29 is 9.53 Å². The smallest absolute Gasteiger partial charge is 0.251 e. The van der Waals surface area contributed by atoms with E-state index in [9.17, 15) is 4.79 Å². The monoisotopic (exact) mass is 351 g/mol. The second kappa shape index (κ2) is 7.63. The second-order valence-corrected chi connectivity index (χ2v) is 8.27. The number of ether oxygens (including phenoxy) is 1. The van der Waals surface area contributed by atoms with Gasteiger partial charge in [0.25, 0.3) is 5.91 Å². The van der Waals surface area contributed by atoms with Crippen LogP contribution >= 0.6 is 0 Å². The van der Waals surface area contributed by atoms with Gasteiger partial charge in [-0.15, -0.1) is 0 Å². The molecule has 1 saturated heterocycles. The first kappa shape index (κ1) is 18.7. The molecule has 0 saturated carbocycles. The zero-order chi connectivity index (χ0) is 18.6. The van der Waals surface area contributed by atoms with Crippen LogP contribution in [-0.4, -0.2) is 25.7 Å². The summed E-state index contributed by atoms with van der Waals surface area (Å²) in [6, 6.07) is 18.5. The fourth-order valence-electron chi connectivity index (χ4n) is 3.59. The van der Waals surface area contributed by atoms with Crippen LogP contribution in [0.25, 0.3) is 0 Å². The van der Waals surface area contributed by atoms with E-state index in [1.54, 1.807) is 0 Å². The Labute approximate surface area is 156 Å². The van der Waals surface area contributed by atoms with Gasteiger partial charge in [0.2, 0.25) is 0 Å². The molecule has 0 unspecified atom stereocenters. The lowest BCUT2D eigenvalue weighted by atomic mass is 9.74. The normalized spacial score (nSPS) is 16.9. The van der Waals surface area contributed by atoms with Crippen LogP contribution in [-0.2, 0) is 15.6 Å². The molecule has 0 spiro atoms. The van der Waals surface area contributed by atoms with Gasteiger partial charge in [-0.05, 0) is 41.5 Å². The van der Waals surface area contributed by atoms with Gasteiger partial charge in [0.05, 0.1) is 0 Å². The van der Waals surface area contributed by atoms with Gasteiger partial charge in [0, 0.05) is 30.7 Å². The molecule has 1 aliphatic rings. The molecule has 2 aromatic carbocycles. The molecule has 26 heavy (non-hydrogen) atoms. The zero-order valence-corrected chi connectivity index (χ0v) is 16.0. The van der Waals surface area contributed by atoms with Crippen molar-refractivity contribution in [1.82, 2.24) is 5.32 Å². The summed E-state index contributed by atoms with van der Waals surface area (Å²) in [6.45, 7) is 8.65. The van der Waals surface area contributed by atoms with Gasteiger partial charge in [-0.25, -0.2) is 0 Å². The SMILES string of the molecule is CC(C)(C)c1ccc(C(=O)NCC2(c3ccccc3)CCOCC2)cc1. The molecule has 0 atom stereocenters. The van der Waals surface area contributed by atoms with Crippen molar-refractivity contribution >= 4 is 5.91 Å². The Morgan fingerprint density at radius 1 is 1.00 bits per heavy atom. The van der Waals surface area contributed by atoms with Gasteiger partial charge in [0.1, 0.15) is 0 Å². The van der Waals surface area contributed by atoms with Gasteiger partial charge >= 0.3 is 0 Å². The lowest BCUT2D eigenvalue weighted by Gasteiger charge is -2.38. The first-order chi connectivity index (χ1) is 12.4. The van der Waals surface area contributed by atoms with Crippen molar-refractivity contribution in [3.05, 3.63) is 71.3 Å². The van der Waals surface area contributed by atoms with E-state index < -0.39 is 0 Å². The Bertz CT molecular complexity index is 723. The summed E-state index contributed by atoms with van der Waals surface area (Å²) in [6.07, 6.45) is 1.86. The molecule has 1 fully saturated rings. The average molecular weight is 351 g/mol. The Morgan fingerprint density at radius 2 is 1.62 bits per heavy atom. The van der Waals surface area contributed by atoms with E-state index >= 15 is 0 Å². The summed E-state index contributed by atoms with van der Waals surface area (Å²) in [5.74, 6) is -0.00717. The second-order valence-electron chi connectivity index (χ2n) is 8.27. The molecular weight excluding hydrogens is 322 g/mol. The molecule has 0 radical (unpaired) electrons. The van der Waals surface area contributed by atoms with E-state index in [1.807, 2.05) is 18.2 Å². The van der Waals surface area contributed by atoms with Crippen LogP contribution in [0.2, 0.25) is 0 Å². The third-order valence-corrected chi connectivity index (χ3v) is 5.44. The van der Waals surface area contributed by atoms with Gasteiger partial charge in [0.15, 0.2) is 0 Å². The highest BCUT2D eigenvalue weighted by Gasteiger charge is 2.34. The number of hydrogen-bond donors (Lipinski definition) is 1. The minimum Gasteiger partial charge on any atom is -0.381 e. The van der Waals surface area contributed by atoms with Crippen molar-refractivity contribution in [2.24, 2.45) is 0 Å². The molecule has 3 nitrogen and oxygen atoms in total. The third kappa shape index (κ3) is 4.16.